The number of nitrogens with one attached hydrogen (secondary N) is 1. The van der Waals surface area contributed by atoms with Gasteiger partial charge in [0.15, 0.2) is 0 Å². The van der Waals surface area contributed by atoms with Crippen LogP contribution in [0.15, 0.2) is 72.9 Å². The second-order valence-electron chi connectivity index (χ2n) is 10.3. The van der Waals surface area contributed by atoms with Crippen molar-refractivity contribution in [2.75, 3.05) is 20.3 Å². The lowest BCUT2D eigenvalue weighted by Gasteiger charge is -2.31. The van der Waals surface area contributed by atoms with E-state index >= 15 is 0 Å². The van der Waals surface area contributed by atoms with Crippen LogP contribution in [0.5, 0.6) is 0 Å². The SMILES string of the molecule is CC/C=C\C/C=C\C/C=C\C/C=C\C/C=C\C/C=C\CC(=O)OCC(C)(C)[C@@H](OC)C(=O)NCCC(C)=O.CCC. The van der Waals surface area contributed by atoms with E-state index in [1.165, 1.54) is 20.5 Å². The first-order chi connectivity index (χ1) is 19.7. The van der Waals surface area contributed by atoms with Crippen LogP contribution < -0.4 is 5.32 Å². The molecule has 0 saturated carbocycles. The molecule has 0 bridgehead atoms. The summed E-state index contributed by atoms with van der Waals surface area (Å²) in [6.07, 6.45) is 31.8. The Morgan fingerprint density at radius 1 is 0.732 bits per heavy atom. The van der Waals surface area contributed by atoms with Crippen LogP contribution in [0.3, 0.4) is 0 Å². The number of amides is 1. The third kappa shape index (κ3) is 27.0. The molecular formula is C35H57NO5. The Labute approximate surface area is 250 Å². The summed E-state index contributed by atoms with van der Waals surface area (Å²) in [6.45, 7) is 11.8. The van der Waals surface area contributed by atoms with Gasteiger partial charge in [-0.05, 0) is 45.4 Å². The zero-order valence-electron chi connectivity index (χ0n) is 26.8. The molecule has 0 heterocycles. The van der Waals surface area contributed by atoms with E-state index in [9.17, 15) is 14.4 Å². The Hall–Kier alpha value is -2.99. The van der Waals surface area contributed by atoms with Crippen molar-refractivity contribution in [2.45, 2.75) is 105 Å². The standard InChI is InChI=1S/C32H49NO5.C3H8/c1-6-7-8-9-10-11-12-13-14-15-16-17-18-19-20-21-22-23-24-29(35)38-27-32(3,4)30(37-5)31(36)33-26-25-28(2)34;1-3-2/h7-8,10-11,13-14,16-17,19-20,22-23,30H,6,9,12,15,18,21,24-27H2,1-5H3,(H,33,36);3H2,1-2H3/b8-7-,11-10-,14-13-,17-16-,20-19-,23-22-;/t30-;/m0./s1. The van der Waals surface area contributed by atoms with Crippen molar-refractivity contribution in [3.63, 3.8) is 0 Å². The number of Topliss-reactive ketones (excluding diaryl/α,β-unsaturated/α-hetero) is 1. The Kier molecular flexibility index (Phi) is 27.9. The first-order valence-corrected chi connectivity index (χ1v) is 15.0. The second-order valence-corrected chi connectivity index (χ2v) is 10.3. The predicted molar refractivity (Wildman–Crippen MR) is 173 cm³/mol. The largest absolute Gasteiger partial charge is 0.465 e. The zero-order chi connectivity index (χ0) is 31.2. The van der Waals surface area contributed by atoms with E-state index in [0.717, 1.165) is 38.5 Å². The number of rotatable bonds is 21. The molecule has 0 aliphatic heterocycles. The Bertz CT molecular complexity index is 862. The van der Waals surface area contributed by atoms with E-state index in [1.54, 1.807) is 19.9 Å². The van der Waals surface area contributed by atoms with Crippen LogP contribution in [0.2, 0.25) is 0 Å². The van der Waals surface area contributed by atoms with Crippen molar-refractivity contribution < 1.29 is 23.9 Å². The molecule has 0 fully saturated rings. The van der Waals surface area contributed by atoms with Gasteiger partial charge in [0.05, 0.1) is 13.0 Å². The van der Waals surface area contributed by atoms with E-state index in [-0.39, 0.29) is 43.7 Å². The van der Waals surface area contributed by atoms with Gasteiger partial charge in [0.1, 0.15) is 11.9 Å². The van der Waals surface area contributed by atoms with Gasteiger partial charge in [-0.25, -0.2) is 0 Å². The molecule has 0 aliphatic rings. The van der Waals surface area contributed by atoms with Gasteiger partial charge in [-0.15, -0.1) is 0 Å². The summed E-state index contributed by atoms with van der Waals surface area (Å²) in [5.74, 6) is -0.682. The van der Waals surface area contributed by atoms with Crippen LogP contribution in [0.4, 0.5) is 0 Å². The summed E-state index contributed by atoms with van der Waals surface area (Å²) in [5.41, 5.74) is -0.719. The summed E-state index contributed by atoms with van der Waals surface area (Å²) in [6, 6.07) is 0. The summed E-state index contributed by atoms with van der Waals surface area (Å²) >= 11 is 0. The fourth-order valence-corrected chi connectivity index (χ4v) is 3.34. The minimum Gasteiger partial charge on any atom is -0.465 e. The highest BCUT2D eigenvalue weighted by Crippen LogP contribution is 2.24. The smallest absolute Gasteiger partial charge is 0.309 e. The quantitative estimate of drug-likeness (QED) is 0.111. The van der Waals surface area contributed by atoms with E-state index in [4.69, 9.17) is 9.47 Å². The topological polar surface area (TPSA) is 81.7 Å². The molecule has 0 radical (unpaired) electrons. The molecule has 0 aromatic carbocycles. The van der Waals surface area contributed by atoms with Crippen LogP contribution in [-0.4, -0.2) is 44.0 Å². The first kappa shape index (κ1) is 40.2. The predicted octanol–water partition coefficient (Wildman–Crippen LogP) is 8.17. The van der Waals surface area contributed by atoms with Crippen molar-refractivity contribution in [1.29, 1.82) is 0 Å². The zero-order valence-corrected chi connectivity index (χ0v) is 26.8. The Morgan fingerprint density at radius 2 is 1.15 bits per heavy atom. The second kappa shape index (κ2) is 28.5. The van der Waals surface area contributed by atoms with Crippen molar-refractivity contribution in [3.8, 4) is 0 Å². The molecule has 6 heteroatoms. The average molecular weight is 572 g/mol. The molecule has 6 nitrogen and oxygen atoms in total. The fourth-order valence-electron chi connectivity index (χ4n) is 3.34. The average Bonchev–Trinajstić information content (AvgIpc) is 2.91. The van der Waals surface area contributed by atoms with Gasteiger partial charge in [0.2, 0.25) is 5.91 Å². The maximum atomic E-state index is 12.4. The number of carbonyl (C=O) groups is 3. The van der Waals surface area contributed by atoms with Crippen LogP contribution in [0.25, 0.3) is 0 Å². The molecule has 0 unspecified atom stereocenters. The van der Waals surface area contributed by atoms with Crippen LogP contribution in [0.1, 0.15) is 99.3 Å². The van der Waals surface area contributed by atoms with Gasteiger partial charge in [-0.3, -0.25) is 14.4 Å². The Morgan fingerprint density at radius 3 is 1.54 bits per heavy atom. The number of esters is 1. The molecule has 0 aliphatic carbocycles. The molecular weight excluding hydrogens is 514 g/mol. The minimum atomic E-state index is -0.798. The minimum absolute atomic E-state index is 0.00172. The molecule has 41 heavy (non-hydrogen) atoms. The maximum absolute atomic E-state index is 12.4. The molecule has 0 saturated heterocycles. The van der Waals surface area contributed by atoms with Gasteiger partial charge in [0.25, 0.3) is 0 Å². The van der Waals surface area contributed by atoms with E-state index in [2.05, 4.69) is 86.8 Å². The van der Waals surface area contributed by atoms with Gasteiger partial charge < -0.3 is 14.8 Å². The lowest BCUT2D eigenvalue weighted by atomic mass is 9.86. The number of ether oxygens (including phenoxy) is 2. The normalized spacial score (nSPS) is 13.0. The van der Waals surface area contributed by atoms with Gasteiger partial charge >= 0.3 is 5.97 Å². The lowest BCUT2D eigenvalue weighted by Crippen LogP contribution is -2.47. The molecule has 0 rings (SSSR count). The van der Waals surface area contributed by atoms with E-state index in [1.807, 2.05) is 6.08 Å². The number of methoxy groups -OCH3 is 1. The third-order valence-electron chi connectivity index (χ3n) is 5.45. The molecule has 1 atom stereocenters. The summed E-state index contributed by atoms with van der Waals surface area (Å²) in [7, 11) is 1.44. The van der Waals surface area contributed by atoms with Crippen molar-refractivity contribution >= 4 is 17.7 Å². The van der Waals surface area contributed by atoms with Gasteiger partial charge in [0, 0.05) is 25.5 Å². The van der Waals surface area contributed by atoms with E-state index in [0.29, 0.717) is 0 Å². The van der Waals surface area contributed by atoms with Crippen molar-refractivity contribution in [2.24, 2.45) is 5.41 Å². The Balaban J connectivity index is 0. The highest BCUT2D eigenvalue weighted by atomic mass is 16.5. The first-order valence-electron chi connectivity index (χ1n) is 15.0. The summed E-state index contributed by atoms with van der Waals surface area (Å²) in [5, 5.41) is 2.69. The number of allylic oxidation sites excluding steroid dienone is 11. The fraction of sp³-hybridized carbons (Fsp3) is 0.571. The highest BCUT2D eigenvalue weighted by Gasteiger charge is 2.36. The van der Waals surface area contributed by atoms with Crippen molar-refractivity contribution in [1.82, 2.24) is 5.32 Å². The molecule has 1 amide bonds. The number of carbonyl (C=O) groups excluding carboxylic acids is 3. The molecule has 0 aromatic rings. The van der Waals surface area contributed by atoms with Gasteiger partial charge in [-0.1, -0.05) is 114 Å². The van der Waals surface area contributed by atoms with Crippen molar-refractivity contribution in [3.05, 3.63) is 72.9 Å². The molecule has 0 aromatic heterocycles. The molecule has 0 spiro atoms. The number of ketones is 1. The monoisotopic (exact) mass is 571 g/mol. The summed E-state index contributed by atoms with van der Waals surface area (Å²) in [4.78, 5) is 35.5. The highest BCUT2D eigenvalue weighted by molar-refractivity contribution is 5.82. The van der Waals surface area contributed by atoms with Gasteiger partial charge in [-0.2, -0.15) is 0 Å². The van der Waals surface area contributed by atoms with E-state index < -0.39 is 11.5 Å². The maximum Gasteiger partial charge on any atom is 0.309 e. The third-order valence-corrected chi connectivity index (χ3v) is 5.45. The van der Waals surface area contributed by atoms with Crippen LogP contribution in [0, 0.1) is 5.41 Å². The molecule has 232 valence electrons. The summed E-state index contributed by atoms with van der Waals surface area (Å²) < 4.78 is 10.7. The number of hydrogen-bond acceptors (Lipinski definition) is 5. The lowest BCUT2D eigenvalue weighted by molar-refractivity contribution is -0.154. The number of hydrogen-bond donors (Lipinski definition) is 1. The van der Waals surface area contributed by atoms with Crippen LogP contribution in [-0.2, 0) is 23.9 Å². The van der Waals surface area contributed by atoms with Crippen LogP contribution >= 0.6 is 0 Å². The molecule has 1 N–H and O–H groups in total.